The highest BCUT2D eigenvalue weighted by atomic mass is 16.5. The molecule has 1 heterocycles. The van der Waals surface area contributed by atoms with Crippen molar-refractivity contribution in [2.75, 3.05) is 26.9 Å². The topological polar surface area (TPSA) is 30.5 Å². The van der Waals surface area contributed by atoms with E-state index in [-0.39, 0.29) is 0 Å². The van der Waals surface area contributed by atoms with E-state index in [4.69, 9.17) is 9.47 Å². The Labute approximate surface area is 116 Å². The van der Waals surface area contributed by atoms with Crippen LogP contribution in [0, 0.1) is 5.92 Å². The second kappa shape index (κ2) is 7.51. The molecule has 2 unspecified atom stereocenters. The van der Waals surface area contributed by atoms with Crippen molar-refractivity contribution in [1.29, 1.82) is 0 Å². The lowest BCUT2D eigenvalue weighted by molar-refractivity contribution is 0.0401. The summed E-state index contributed by atoms with van der Waals surface area (Å²) < 4.78 is 11.3. The Morgan fingerprint density at radius 1 is 1.47 bits per heavy atom. The minimum absolute atomic E-state index is 0.352. The fourth-order valence-electron chi connectivity index (χ4n) is 2.72. The largest absolute Gasteiger partial charge is 0.494 e. The molecule has 1 aliphatic rings. The van der Waals surface area contributed by atoms with Crippen LogP contribution in [0.5, 0.6) is 5.75 Å². The van der Waals surface area contributed by atoms with E-state index in [2.05, 4.69) is 30.4 Å². The summed E-state index contributed by atoms with van der Waals surface area (Å²) in [5.74, 6) is 1.52. The van der Waals surface area contributed by atoms with Crippen LogP contribution in [0.2, 0.25) is 0 Å². The van der Waals surface area contributed by atoms with Gasteiger partial charge in [-0.05, 0) is 44.0 Å². The summed E-state index contributed by atoms with van der Waals surface area (Å²) in [4.78, 5) is 0. The molecule has 106 valence electrons. The van der Waals surface area contributed by atoms with E-state index in [1.165, 1.54) is 12.0 Å². The third kappa shape index (κ3) is 3.95. The minimum Gasteiger partial charge on any atom is -0.494 e. The van der Waals surface area contributed by atoms with Gasteiger partial charge < -0.3 is 14.8 Å². The molecule has 1 aromatic rings. The van der Waals surface area contributed by atoms with Gasteiger partial charge in [-0.15, -0.1) is 0 Å². The van der Waals surface area contributed by atoms with Crippen molar-refractivity contribution in [3.05, 3.63) is 29.8 Å². The van der Waals surface area contributed by atoms with Gasteiger partial charge in [-0.25, -0.2) is 0 Å². The third-order valence-electron chi connectivity index (χ3n) is 3.67. The first-order valence-corrected chi connectivity index (χ1v) is 7.33. The molecule has 0 spiro atoms. The van der Waals surface area contributed by atoms with Gasteiger partial charge in [-0.1, -0.05) is 19.1 Å². The van der Waals surface area contributed by atoms with Gasteiger partial charge in [0.15, 0.2) is 0 Å². The highest BCUT2D eigenvalue weighted by Crippen LogP contribution is 2.30. The number of ether oxygens (including phenoxy) is 2. The zero-order valence-corrected chi connectivity index (χ0v) is 12.0. The molecule has 0 amide bonds. The standard InChI is InChI=1S/C16H25NO2/c1-3-9-19-15-8-4-6-13(11-15)16(17-2)14-7-5-10-18-12-14/h4,6,8,11,14,16-17H,3,5,7,9-10,12H2,1-2H3. The predicted octanol–water partition coefficient (Wildman–Crippen LogP) is 3.16. The molecular weight excluding hydrogens is 238 g/mol. The fraction of sp³-hybridized carbons (Fsp3) is 0.625. The Bertz CT molecular complexity index is 375. The van der Waals surface area contributed by atoms with Gasteiger partial charge in [0.2, 0.25) is 0 Å². The molecular formula is C16H25NO2. The van der Waals surface area contributed by atoms with Gasteiger partial charge in [0, 0.05) is 18.6 Å². The zero-order chi connectivity index (χ0) is 13.5. The quantitative estimate of drug-likeness (QED) is 0.855. The highest BCUT2D eigenvalue weighted by molar-refractivity contribution is 5.31. The summed E-state index contributed by atoms with van der Waals surface area (Å²) in [5, 5.41) is 3.44. The average molecular weight is 263 g/mol. The fourth-order valence-corrected chi connectivity index (χ4v) is 2.72. The van der Waals surface area contributed by atoms with Crippen LogP contribution in [0.4, 0.5) is 0 Å². The van der Waals surface area contributed by atoms with Gasteiger partial charge in [0.25, 0.3) is 0 Å². The van der Waals surface area contributed by atoms with Crippen molar-refractivity contribution in [3.63, 3.8) is 0 Å². The lowest BCUT2D eigenvalue weighted by atomic mass is 9.89. The molecule has 1 N–H and O–H groups in total. The van der Waals surface area contributed by atoms with Crippen LogP contribution in [0.25, 0.3) is 0 Å². The maximum atomic E-state index is 5.72. The molecule has 1 aromatic carbocycles. The van der Waals surface area contributed by atoms with Crippen LogP contribution in [-0.4, -0.2) is 26.9 Å². The number of hydrogen-bond donors (Lipinski definition) is 1. The minimum atomic E-state index is 0.352. The summed E-state index contributed by atoms with van der Waals surface area (Å²) in [7, 11) is 2.03. The number of rotatable bonds is 6. The molecule has 0 aromatic heterocycles. The first-order valence-electron chi connectivity index (χ1n) is 7.33. The van der Waals surface area contributed by atoms with E-state index in [9.17, 15) is 0 Å². The van der Waals surface area contributed by atoms with Gasteiger partial charge in [-0.2, -0.15) is 0 Å². The Balaban J connectivity index is 2.08. The zero-order valence-electron chi connectivity index (χ0n) is 12.0. The van der Waals surface area contributed by atoms with Crippen LogP contribution >= 0.6 is 0 Å². The van der Waals surface area contributed by atoms with Gasteiger partial charge in [0.05, 0.1) is 13.2 Å². The summed E-state index contributed by atoms with van der Waals surface area (Å²) in [6.07, 6.45) is 3.43. The van der Waals surface area contributed by atoms with Crippen LogP contribution < -0.4 is 10.1 Å². The Hall–Kier alpha value is -1.06. The maximum Gasteiger partial charge on any atom is 0.119 e. The summed E-state index contributed by atoms with van der Waals surface area (Å²) >= 11 is 0. The molecule has 1 aliphatic heterocycles. The summed E-state index contributed by atoms with van der Waals surface area (Å²) in [6, 6.07) is 8.79. The van der Waals surface area contributed by atoms with Gasteiger partial charge in [-0.3, -0.25) is 0 Å². The summed E-state index contributed by atoms with van der Waals surface area (Å²) in [6.45, 7) is 4.66. The van der Waals surface area contributed by atoms with Crippen molar-refractivity contribution in [2.24, 2.45) is 5.92 Å². The normalized spacial score (nSPS) is 21.1. The van der Waals surface area contributed by atoms with Gasteiger partial charge >= 0.3 is 0 Å². The van der Waals surface area contributed by atoms with Crippen LogP contribution in [0.1, 0.15) is 37.8 Å². The van der Waals surface area contributed by atoms with E-state index >= 15 is 0 Å². The summed E-state index contributed by atoms with van der Waals surface area (Å²) in [5.41, 5.74) is 1.30. The molecule has 2 rings (SSSR count). The van der Waals surface area contributed by atoms with Crippen molar-refractivity contribution >= 4 is 0 Å². The second-order valence-corrected chi connectivity index (χ2v) is 5.16. The van der Waals surface area contributed by atoms with Crippen molar-refractivity contribution in [3.8, 4) is 5.75 Å². The molecule has 1 fully saturated rings. The van der Waals surface area contributed by atoms with Crippen LogP contribution in [-0.2, 0) is 4.74 Å². The second-order valence-electron chi connectivity index (χ2n) is 5.16. The van der Waals surface area contributed by atoms with Crippen molar-refractivity contribution < 1.29 is 9.47 Å². The maximum absolute atomic E-state index is 5.72. The van der Waals surface area contributed by atoms with E-state index in [0.717, 1.165) is 38.4 Å². The number of nitrogens with one attached hydrogen (secondary N) is 1. The molecule has 0 radical (unpaired) electrons. The molecule has 3 nitrogen and oxygen atoms in total. The molecule has 2 atom stereocenters. The molecule has 0 saturated carbocycles. The van der Waals surface area contributed by atoms with E-state index in [1.54, 1.807) is 0 Å². The highest BCUT2D eigenvalue weighted by Gasteiger charge is 2.24. The predicted molar refractivity (Wildman–Crippen MR) is 77.6 cm³/mol. The first kappa shape index (κ1) is 14.4. The Morgan fingerprint density at radius 3 is 3.05 bits per heavy atom. The smallest absolute Gasteiger partial charge is 0.119 e. The monoisotopic (exact) mass is 263 g/mol. The van der Waals surface area contributed by atoms with Crippen LogP contribution in [0.15, 0.2) is 24.3 Å². The van der Waals surface area contributed by atoms with Gasteiger partial charge in [0.1, 0.15) is 5.75 Å². The molecule has 0 bridgehead atoms. The van der Waals surface area contributed by atoms with E-state index in [0.29, 0.717) is 12.0 Å². The SMILES string of the molecule is CCCOc1cccc(C(NC)C2CCCOC2)c1. The Kier molecular flexibility index (Phi) is 5.67. The molecule has 0 aliphatic carbocycles. The average Bonchev–Trinajstić information content (AvgIpc) is 2.47. The van der Waals surface area contributed by atoms with Crippen molar-refractivity contribution in [2.45, 2.75) is 32.2 Å². The van der Waals surface area contributed by atoms with Crippen molar-refractivity contribution in [1.82, 2.24) is 5.32 Å². The third-order valence-corrected chi connectivity index (χ3v) is 3.67. The number of hydrogen-bond acceptors (Lipinski definition) is 3. The number of benzene rings is 1. The molecule has 1 saturated heterocycles. The molecule has 3 heteroatoms. The first-order chi connectivity index (χ1) is 9.35. The lowest BCUT2D eigenvalue weighted by Gasteiger charge is -2.30. The lowest BCUT2D eigenvalue weighted by Crippen LogP contribution is -2.31. The van der Waals surface area contributed by atoms with E-state index < -0.39 is 0 Å². The molecule has 19 heavy (non-hydrogen) atoms. The van der Waals surface area contributed by atoms with Crippen LogP contribution in [0.3, 0.4) is 0 Å². The Morgan fingerprint density at radius 2 is 2.37 bits per heavy atom. The van der Waals surface area contributed by atoms with E-state index in [1.807, 2.05) is 13.1 Å².